The highest BCUT2D eigenvalue weighted by atomic mass is 32.2. The maximum Gasteiger partial charge on any atom is 0.229 e. The number of rotatable bonds is 7. The number of benzene rings is 1. The molecule has 1 aromatic carbocycles. The average molecular weight is 613 g/mol. The van der Waals surface area contributed by atoms with Crippen LogP contribution in [0.2, 0.25) is 0 Å². The molecule has 44 heavy (non-hydrogen) atoms. The number of carbonyl (C=O) groups excluding carboxylic acids is 1. The van der Waals surface area contributed by atoms with Crippen molar-refractivity contribution in [3.63, 3.8) is 0 Å². The molecule has 5 heterocycles. The van der Waals surface area contributed by atoms with E-state index in [1.54, 1.807) is 36.9 Å². The molecule has 0 saturated carbocycles. The summed E-state index contributed by atoms with van der Waals surface area (Å²) in [7, 11) is -3.44. The summed E-state index contributed by atoms with van der Waals surface area (Å²) in [6.45, 7) is 5.49. The molecule has 13 heteroatoms. The van der Waals surface area contributed by atoms with Crippen LogP contribution in [0.15, 0.2) is 67.3 Å². The molecule has 0 radical (unpaired) electrons. The normalized spacial score (nSPS) is 12.2. The van der Waals surface area contributed by atoms with Gasteiger partial charge in [-0.3, -0.25) is 19.9 Å². The van der Waals surface area contributed by atoms with Crippen molar-refractivity contribution in [2.45, 2.75) is 27.3 Å². The Kier molecular flexibility index (Phi) is 7.22. The monoisotopic (exact) mass is 612 g/mol. The Hall–Kier alpha value is -5.01. The predicted molar refractivity (Wildman–Crippen MR) is 167 cm³/mol. The number of H-pyrrole nitrogens is 2. The molecule has 1 amide bonds. The molecule has 0 spiro atoms. The topological polar surface area (TPSA) is 158 Å². The lowest BCUT2D eigenvalue weighted by atomic mass is 9.95. The zero-order chi connectivity index (χ0) is 31.2. The molecule has 6 rings (SSSR count). The average Bonchev–Trinajstić information content (AvgIpc) is 3.59. The van der Waals surface area contributed by atoms with Crippen molar-refractivity contribution < 1.29 is 17.6 Å². The third-order valence-corrected chi connectivity index (χ3v) is 7.68. The molecule has 0 atom stereocenters. The molecule has 4 N–H and O–H groups in total. The van der Waals surface area contributed by atoms with Crippen molar-refractivity contribution in [2.24, 2.45) is 5.41 Å². The van der Waals surface area contributed by atoms with Crippen molar-refractivity contribution in [1.82, 2.24) is 34.9 Å². The van der Waals surface area contributed by atoms with Gasteiger partial charge in [0, 0.05) is 40.7 Å². The van der Waals surface area contributed by atoms with E-state index in [2.05, 4.69) is 40.2 Å². The lowest BCUT2D eigenvalue weighted by Gasteiger charge is -2.17. The number of anilines is 1. The Labute approximate surface area is 252 Å². The van der Waals surface area contributed by atoms with E-state index in [1.807, 2.05) is 39.0 Å². The number of nitrogens with zero attached hydrogens (tertiary/aromatic N) is 4. The van der Waals surface area contributed by atoms with Gasteiger partial charge in [0.1, 0.15) is 17.2 Å². The van der Waals surface area contributed by atoms with E-state index >= 15 is 0 Å². The van der Waals surface area contributed by atoms with Gasteiger partial charge in [0.2, 0.25) is 15.9 Å². The van der Waals surface area contributed by atoms with Gasteiger partial charge in [-0.1, -0.05) is 20.8 Å². The first-order valence-corrected chi connectivity index (χ1v) is 15.6. The summed E-state index contributed by atoms with van der Waals surface area (Å²) in [6, 6.07) is 11.8. The second-order valence-corrected chi connectivity index (χ2v) is 13.4. The van der Waals surface area contributed by atoms with Gasteiger partial charge in [-0.05, 0) is 59.2 Å². The van der Waals surface area contributed by atoms with Crippen LogP contribution >= 0.6 is 0 Å². The fourth-order valence-corrected chi connectivity index (χ4v) is 5.20. The Balaban J connectivity index is 1.37. The Morgan fingerprint density at radius 2 is 1.80 bits per heavy atom. The standard InChI is InChI=1S/C31H29FN8O3S/c1-31(2,3)30(41)37-21-10-19(14-33-15-21)25-12-24-27(16-35-25)39-40-28(24)26-11-23-22(5-6-34-29(23)38-26)18-7-17(8-20(32)9-18)13-36-44(4,42)43/h5-12,14-16,36H,13H2,1-4H3,(H,34,38)(H,37,41)(H,39,40). The minimum absolute atomic E-state index is 0.0345. The number of hydrogen-bond donors (Lipinski definition) is 4. The largest absolute Gasteiger partial charge is 0.338 e. The van der Waals surface area contributed by atoms with Gasteiger partial charge in [-0.15, -0.1) is 0 Å². The first kappa shape index (κ1) is 29.1. The van der Waals surface area contributed by atoms with E-state index in [9.17, 15) is 17.6 Å². The number of pyridine rings is 3. The van der Waals surface area contributed by atoms with Gasteiger partial charge in [0.05, 0.1) is 41.2 Å². The minimum atomic E-state index is -3.44. The number of sulfonamides is 1. The summed E-state index contributed by atoms with van der Waals surface area (Å²) in [6.07, 6.45) is 7.64. The van der Waals surface area contributed by atoms with Crippen LogP contribution in [0.4, 0.5) is 10.1 Å². The van der Waals surface area contributed by atoms with Crippen LogP contribution < -0.4 is 10.0 Å². The molecule has 0 fully saturated rings. The van der Waals surface area contributed by atoms with Crippen LogP contribution in [0.25, 0.3) is 55.7 Å². The predicted octanol–water partition coefficient (Wildman–Crippen LogP) is 5.40. The van der Waals surface area contributed by atoms with Crippen LogP contribution in [0.1, 0.15) is 26.3 Å². The molecular formula is C31H29FN8O3S. The Bertz CT molecular complexity index is 2170. The molecule has 0 aliphatic carbocycles. The maximum atomic E-state index is 14.6. The Morgan fingerprint density at radius 1 is 0.977 bits per heavy atom. The summed E-state index contributed by atoms with van der Waals surface area (Å²) in [5, 5.41) is 12.0. The lowest BCUT2D eigenvalue weighted by Crippen LogP contribution is -2.27. The zero-order valence-electron chi connectivity index (χ0n) is 24.4. The summed E-state index contributed by atoms with van der Waals surface area (Å²) < 4.78 is 40.1. The third kappa shape index (κ3) is 6.05. The minimum Gasteiger partial charge on any atom is -0.338 e. The van der Waals surface area contributed by atoms with E-state index in [1.165, 1.54) is 12.1 Å². The molecule has 5 aromatic heterocycles. The third-order valence-electron chi connectivity index (χ3n) is 7.01. The van der Waals surface area contributed by atoms with Crippen molar-refractivity contribution in [1.29, 1.82) is 0 Å². The fraction of sp³-hybridized carbons (Fsp3) is 0.194. The van der Waals surface area contributed by atoms with Gasteiger partial charge in [0.25, 0.3) is 0 Å². The molecular weight excluding hydrogens is 583 g/mol. The van der Waals surface area contributed by atoms with Gasteiger partial charge in [-0.2, -0.15) is 5.10 Å². The Morgan fingerprint density at radius 3 is 2.57 bits per heavy atom. The van der Waals surface area contributed by atoms with E-state index in [-0.39, 0.29) is 12.5 Å². The number of fused-ring (bicyclic) bond motifs is 2. The smallest absolute Gasteiger partial charge is 0.229 e. The summed E-state index contributed by atoms with van der Waals surface area (Å²) in [5.41, 5.74) is 5.78. The summed E-state index contributed by atoms with van der Waals surface area (Å²) in [5.74, 6) is -0.604. The molecule has 0 saturated heterocycles. The van der Waals surface area contributed by atoms with Crippen molar-refractivity contribution in [2.75, 3.05) is 11.6 Å². The highest BCUT2D eigenvalue weighted by Gasteiger charge is 2.22. The number of amides is 1. The summed E-state index contributed by atoms with van der Waals surface area (Å²) >= 11 is 0. The molecule has 6 aromatic rings. The van der Waals surface area contributed by atoms with E-state index in [0.29, 0.717) is 45.1 Å². The molecule has 0 unspecified atom stereocenters. The molecule has 0 aliphatic rings. The number of carbonyl (C=O) groups is 1. The van der Waals surface area contributed by atoms with Crippen molar-refractivity contribution >= 4 is 43.6 Å². The highest BCUT2D eigenvalue weighted by molar-refractivity contribution is 7.88. The molecule has 0 bridgehead atoms. The molecule has 224 valence electrons. The van der Waals surface area contributed by atoms with Crippen molar-refractivity contribution in [3.05, 3.63) is 78.6 Å². The second-order valence-electron chi connectivity index (χ2n) is 11.6. The number of aromatic nitrogens is 6. The SMILES string of the molecule is CC(C)(C)C(=O)Nc1cncc(-c2cc3c(-c4cc5c(-c6cc(F)cc(CNS(C)(=O)=O)c6)ccnc5[nH]4)n[nH]c3cn2)c1. The van der Waals surface area contributed by atoms with Gasteiger partial charge in [-0.25, -0.2) is 22.5 Å². The lowest BCUT2D eigenvalue weighted by molar-refractivity contribution is -0.123. The first-order valence-electron chi connectivity index (χ1n) is 13.7. The second kappa shape index (κ2) is 10.9. The van der Waals surface area contributed by atoms with E-state index in [4.69, 9.17) is 0 Å². The number of halogens is 1. The van der Waals surface area contributed by atoms with Crippen LogP contribution in [-0.2, 0) is 21.4 Å². The number of nitrogens with one attached hydrogen (secondary N) is 4. The molecule has 11 nitrogen and oxygen atoms in total. The van der Waals surface area contributed by atoms with Crippen LogP contribution in [0.5, 0.6) is 0 Å². The summed E-state index contributed by atoms with van der Waals surface area (Å²) in [4.78, 5) is 29.2. The maximum absolute atomic E-state index is 14.6. The van der Waals surface area contributed by atoms with Crippen LogP contribution in [0, 0.1) is 11.2 Å². The quantitative estimate of drug-likeness (QED) is 0.188. The number of hydrogen-bond acceptors (Lipinski definition) is 7. The van der Waals surface area contributed by atoms with Gasteiger partial charge >= 0.3 is 0 Å². The van der Waals surface area contributed by atoms with Gasteiger partial charge in [0.15, 0.2) is 0 Å². The van der Waals surface area contributed by atoms with E-state index < -0.39 is 21.3 Å². The van der Waals surface area contributed by atoms with Gasteiger partial charge < -0.3 is 10.3 Å². The molecule has 0 aliphatic heterocycles. The van der Waals surface area contributed by atoms with Crippen molar-refractivity contribution in [3.8, 4) is 33.8 Å². The zero-order valence-corrected chi connectivity index (χ0v) is 25.2. The highest BCUT2D eigenvalue weighted by Crippen LogP contribution is 2.35. The van der Waals surface area contributed by atoms with Crippen LogP contribution in [-0.4, -0.2) is 50.7 Å². The fourth-order valence-electron chi connectivity index (χ4n) is 4.78. The first-order chi connectivity index (χ1) is 20.8. The number of aromatic amines is 2. The van der Waals surface area contributed by atoms with Crippen LogP contribution in [0.3, 0.4) is 0 Å². The van der Waals surface area contributed by atoms with E-state index in [0.717, 1.165) is 28.2 Å².